The Hall–Kier alpha value is -0.620. The average molecular weight is 272 g/mol. The normalized spacial score (nSPS) is 36.6. The molecule has 100 valence electrons. The molecule has 1 fully saturated rings. The van der Waals surface area contributed by atoms with Gasteiger partial charge in [-0.15, -0.1) is 11.8 Å². The lowest BCUT2D eigenvalue weighted by Crippen LogP contribution is -2.54. The molecule has 1 heterocycles. The largest absolute Gasteiger partial charge is 0.388 e. The Labute approximate surface area is 110 Å². The molecule has 0 aliphatic carbocycles. The van der Waals surface area contributed by atoms with Gasteiger partial charge in [0.2, 0.25) is 6.36 Å². The lowest BCUT2D eigenvalue weighted by atomic mass is 10.0. The number of halogens is 1. The summed E-state index contributed by atoms with van der Waals surface area (Å²) in [5, 5.41) is 9.41. The molecule has 1 aromatic carbocycles. The van der Waals surface area contributed by atoms with Crippen molar-refractivity contribution in [3.8, 4) is 0 Å². The van der Waals surface area contributed by atoms with Gasteiger partial charge in [-0.1, -0.05) is 18.2 Å². The lowest BCUT2D eigenvalue weighted by molar-refractivity contribution is -0.200. The van der Waals surface area contributed by atoms with E-state index >= 15 is 0 Å². The topological polar surface area (TPSA) is 38.7 Å². The second kappa shape index (κ2) is 6.02. The fourth-order valence-corrected chi connectivity index (χ4v) is 3.23. The van der Waals surface area contributed by atoms with Crippen LogP contribution >= 0.6 is 11.8 Å². The zero-order valence-corrected chi connectivity index (χ0v) is 11.1. The van der Waals surface area contributed by atoms with Crippen molar-refractivity contribution in [1.29, 1.82) is 0 Å². The quantitative estimate of drug-likeness (QED) is 0.916. The fraction of sp³-hybridized carbons (Fsp3) is 0.538. The van der Waals surface area contributed by atoms with Crippen molar-refractivity contribution in [3.63, 3.8) is 0 Å². The number of hydrogen-bond donors (Lipinski definition) is 1. The molecule has 1 aliphatic heterocycles. The minimum atomic E-state index is -1.45. The molecule has 1 aromatic rings. The first-order chi connectivity index (χ1) is 8.63. The van der Waals surface area contributed by atoms with E-state index in [4.69, 9.17) is 9.47 Å². The highest BCUT2D eigenvalue weighted by atomic mass is 32.2. The highest BCUT2D eigenvalue weighted by molar-refractivity contribution is 8.00. The van der Waals surface area contributed by atoms with Crippen molar-refractivity contribution in [2.24, 2.45) is 0 Å². The standard InChI is InChI=1S/C13H17FO3S/c1-8-10(15)11(16-2)12(13(14)17-8)18-9-6-4-3-5-7-9/h3-8,10-13,15H,1-2H3. The molecule has 3 nitrogen and oxygen atoms in total. The average Bonchev–Trinajstić information content (AvgIpc) is 2.37. The minimum absolute atomic E-state index is 0.558. The summed E-state index contributed by atoms with van der Waals surface area (Å²) in [5.74, 6) is 0. The molecule has 0 saturated carbocycles. The van der Waals surface area contributed by atoms with Crippen LogP contribution < -0.4 is 0 Å². The zero-order valence-electron chi connectivity index (χ0n) is 10.3. The third kappa shape index (κ3) is 2.85. The van der Waals surface area contributed by atoms with Crippen LogP contribution in [0.5, 0.6) is 0 Å². The van der Waals surface area contributed by atoms with Gasteiger partial charge >= 0.3 is 0 Å². The third-order valence-electron chi connectivity index (χ3n) is 3.03. The van der Waals surface area contributed by atoms with Crippen LogP contribution in [0.15, 0.2) is 35.2 Å². The molecular formula is C13H17FO3S. The van der Waals surface area contributed by atoms with E-state index < -0.39 is 29.9 Å². The smallest absolute Gasteiger partial charge is 0.214 e. The Morgan fingerprint density at radius 1 is 1.33 bits per heavy atom. The van der Waals surface area contributed by atoms with Crippen molar-refractivity contribution in [3.05, 3.63) is 30.3 Å². The summed E-state index contributed by atoms with van der Waals surface area (Å²) in [6.45, 7) is 1.65. The van der Waals surface area contributed by atoms with Gasteiger partial charge in [-0.25, -0.2) is 4.39 Å². The maximum absolute atomic E-state index is 14.0. The van der Waals surface area contributed by atoms with Crippen LogP contribution in [0.2, 0.25) is 0 Å². The Morgan fingerprint density at radius 2 is 2.00 bits per heavy atom. The van der Waals surface area contributed by atoms with Gasteiger partial charge in [0.25, 0.3) is 0 Å². The summed E-state index contributed by atoms with van der Waals surface area (Å²) in [6.07, 6.45) is -3.40. The van der Waals surface area contributed by atoms with Crippen molar-refractivity contribution < 1.29 is 19.0 Å². The number of ether oxygens (including phenoxy) is 2. The molecule has 5 unspecified atom stereocenters. The van der Waals surface area contributed by atoms with Crippen LogP contribution in [-0.2, 0) is 9.47 Å². The molecule has 0 bridgehead atoms. The van der Waals surface area contributed by atoms with Crippen molar-refractivity contribution in [2.75, 3.05) is 7.11 Å². The van der Waals surface area contributed by atoms with E-state index in [-0.39, 0.29) is 0 Å². The zero-order chi connectivity index (χ0) is 13.1. The van der Waals surface area contributed by atoms with E-state index in [1.165, 1.54) is 18.9 Å². The SMILES string of the molecule is COC1C(O)C(C)OC(F)C1Sc1ccccc1. The summed E-state index contributed by atoms with van der Waals surface area (Å²) < 4.78 is 24.3. The van der Waals surface area contributed by atoms with Gasteiger partial charge in [-0.2, -0.15) is 0 Å². The number of aliphatic hydroxyl groups is 1. The number of hydrogen-bond acceptors (Lipinski definition) is 4. The summed E-state index contributed by atoms with van der Waals surface area (Å²) in [6, 6.07) is 9.47. The molecule has 1 saturated heterocycles. The molecule has 5 atom stereocenters. The van der Waals surface area contributed by atoms with Gasteiger partial charge in [0, 0.05) is 12.0 Å². The molecule has 1 N–H and O–H groups in total. The molecule has 18 heavy (non-hydrogen) atoms. The molecule has 1 aliphatic rings. The predicted octanol–water partition coefficient (Wildman–Crippen LogP) is 2.24. The molecule has 0 aromatic heterocycles. The van der Waals surface area contributed by atoms with Crippen LogP contribution in [0.25, 0.3) is 0 Å². The van der Waals surface area contributed by atoms with Gasteiger partial charge < -0.3 is 14.6 Å². The monoisotopic (exact) mass is 272 g/mol. The predicted molar refractivity (Wildman–Crippen MR) is 68.3 cm³/mol. The number of alkyl halides is 1. The fourth-order valence-electron chi connectivity index (χ4n) is 2.02. The van der Waals surface area contributed by atoms with Gasteiger partial charge in [-0.05, 0) is 19.1 Å². The molecule has 5 heteroatoms. The molecule has 0 radical (unpaired) electrons. The summed E-state index contributed by atoms with van der Waals surface area (Å²) >= 11 is 1.33. The van der Waals surface area contributed by atoms with E-state index in [0.717, 1.165) is 4.90 Å². The summed E-state index contributed by atoms with van der Waals surface area (Å²) in [7, 11) is 1.48. The van der Waals surface area contributed by atoms with Gasteiger partial charge in [0.05, 0.1) is 11.4 Å². The summed E-state index contributed by atoms with van der Waals surface area (Å²) in [5.41, 5.74) is 0. The number of thioether (sulfide) groups is 1. The van der Waals surface area contributed by atoms with Crippen LogP contribution in [0, 0.1) is 0 Å². The second-order valence-electron chi connectivity index (χ2n) is 4.28. The highest BCUT2D eigenvalue weighted by Crippen LogP contribution is 2.36. The Balaban J connectivity index is 2.14. The van der Waals surface area contributed by atoms with Crippen LogP contribution in [-0.4, -0.2) is 42.1 Å². The molecule has 0 amide bonds. The number of rotatable bonds is 3. The van der Waals surface area contributed by atoms with Crippen molar-refractivity contribution in [1.82, 2.24) is 0 Å². The van der Waals surface area contributed by atoms with E-state index in [9.17, 15) is 9.50 Å². The van der Waals surface area contributed by atoms with Gasteiger partial charge in [-0.3, -0.25) is 0 Å². The maximum atomic E-state index is 14.0. The minimum Gasteiger partial charge on any atom is -0.388 e. The van der Waals surface area contributed by atoms with Crippen LogP contribution in [0.1, 0.15) is 6.92 Å². The second-order valence-corrected chi connectivity index (χ2v) is 5.53. The number of aliphatic hydroxyl groups excluding tert-OH is 1. The third-order valence-corrected chi connectivity index (χ3v) is 4.33. The maximum Gasteiger partial charge on any atom is 0.214 e. The van der Waals surface area contributed by atoms with E-state index in [2.05, 4.69) is 0 Å². The first-order valence-corrected chi connectivity index (χ1v) is 6.73. The highest BCUT2D eigenvalue weighted by Gasteiger charge is 2.44. The Bertz CT molecular complexity index is 376. The lowest BCUT2D eigenvalue weighted by Gasteiger charge is -2.39. The molecule has 0 spiro atoms. The summed E-state index contributed by atoms with van der Waals surface area (Å²) in [4.78, 5) is 0.928. The molecule has 2 rings (SSSR count). The molecular weight excluding hydrogens is 255 g/mol. The van der Waals surface area contributed by atoms with Crippen molar-refractivity contribution in [2.45, 2.75) is 41.7 Å². The Kier molecular flexibility index (Phi) is 4.61. The first-order valence-electron chi connectivity index (χ1n) is 5.85. The van der Waals surface area contributed by atoms with Gasteiger partial charge in [0.1, 0.15) is 12.2 Å². The van der Waals surface area contributed by atoms with Crippen LogP contribution in [0.3, 0.4) is 0 Å². The van der Waals surface area contributed by atoms with E-state index in [1.807, 2.05) is 30.3 Å². The van der Waals surface area contributed by atoms with Crippen LogP contribution in [0.4, 0.5) is 4.39 Å². The number of benzene rings is 1. The van der Waals surface area contributed by atoms with E-state index in [0.29, 0.717) is 0 Å². The van der Waals surface area contributed by atoms with Gasteiger partial charge in [0.15, 0.2) is 0 Å². The van der Waals surface area contributed by atoms with Crippen molar-refractivity contribution >= 4 is 11.8 Å². The van der Waals surface area contributed by atoms with E-state index in [1.54, 1.807) is 6.92 Å². The Morgan fingerprint density at radius 3 is 2.61 bits per heavy atom. The first kappa shape index (κ1) is 13.8. The number of methoxy groups -OCH3 is 1.